The molecule has 0 saturated carbocycles. The monoisotopic (exact) mass is 552 g/mol. The van der Waals surface area contributed by atoms with Gasteiger partial charge in [-0.2, -0.15) is 0 Å². The summed E-state index contributed by atoms with van der Waals surface area (Å²) in [6, 6.07) is 10.7. The summed E-state index contributed by atoms with van der Waals surface area (Å²) in [6.07, 6.45) is -12.0. The summed E-state index contributed by atoms with van der Waals surface area (Å²) in [5, 5.41) is 89.8. The highest BCUT2D eigenvalue weighted by Gasteiger charge is 2.51. The van der Waals surface area contributed by atoms with E-state index in [9.17, 15) is 46.0 Å². The molecule has 9 N–H and O–H groups in total. The second-order valence-electron chi connectivity index (χ2n) is 9.31. The lowest BCUT2D eigenvalue weighted by Crippen LogP contribution is -2.65. The number of benzene rings is 2. The Morgan fingerprint density at radius 3 is 1.82 bits per heavy atom. The molecule has 2 saturated heterocycles. The fourth-order valence-corrected chi connectivity index (χ4v) is 4.35. The highest BCUT2D eigenvalue weighted by molar-refractivity contribution is 5.71. The number of aliphatic hydroxyl groups is 7. The minimum Gasteiger partial charge on any atom is -0.508 e. The second-order valence-corrected chi connectivity index (χ2v) is 9.31. The highest BCUT2D eigenvalue weighted by atomic mass is 16.7. The fraction of sp³-hybridized carbons (Fsp3) is 0.462. The van der Waals surface area contributed by atoms with Crippen LogP contribution in [0.2, 0.25) is 0 Å². The van der Waals surface area contributed by atoms with Crippen molar-refractivity contribution < 1.29 is 64.9 Å². The summed E-state index contributed by atoms with van der Waals surface area (Å²) >= 11 is 0. The van der Waals surface area contributed by atoms with Crippen LogP contribution in [-0.4, -0.2) is 121 Å². The average Bonchev–Trinajstić information content (AvgIpc) is 2.91. The zero-order chi connectivity index (χ0) is 28.3. The summed E-state index contributed by atoms with van der Waals surface area (Å²) in [4.78, 5) is 0. The van der Waals surface area contributed by atoms with Crippen molar-refractivity contribution in [3.63, 3.8) is 0 Å². The van der Waals surface area contributed by atoms with E-state index in [0.717, 1.165) is 5.56 Å². The van der Waals surface area contributed by atoms with Gasteiger partial charge in [0.2, 0.25) is 6.29 Å². The standard InChI is InChI=1S/C26H32O13/c27-10-17-19(31)20(32)22(34)26(37-17)39-24-18(11-28)38-25(23(35)21(24)33)36-16-5-3-12(4-6-16)1-2-13-7-14(29)9-15(30)8-13/h1-9,17-35H,10-11H2/b2-1+. The van der Waals surface area contributed by atoms with Crippen LogP contribution in [0.4, 0.5) is 0 Å². The number of phenolic OH excluding ortho intramolecular Hbond substituents is 2. The first-order chi connectivity index (χ1) is 18.6. The molecule has 0 radical (unpaired) electrons. The van der Waals surface area contributed by atoms with Gasteiger partial charge in [0.1, 0.15) is 66.1 Å². The number of ether oxygens (including phenoxy) is 4. The molecule has 2 heterocycles. The number of hydrogen-bond donors (Lipinski definition) is 9. The molecule has 0 bridgehead atoms. The summed E-state index contributed by atoms with van der Waals surface area (Å²) in [5.41, 5.74) is 1.33. The Morgan fingerprint density at radius 2 is 1.21 bits per heavy atom. The lowest BCUT2D eigenvalue weighted by atomic mass is 9.97. The van der Waals surface area contributed by atoms with Crippen molar-refractivity contribution in [2.45, 2.75) is 61.4 Å². The number of aliphatic hydroxyl groups excluding tert-OH is 7. The largest absolute Gasteiger partial charge is 0.508 e. The van der Waals surface area contributed by atoms with E-state index in [0.29, 0.717) is 5.56 Å². The van der Waals surface area contributed by atoms with Crippen molar-refractivity contribution in [1.82, 2.24) is 0 Å². The van der Waals surface area contributed by atoms with Crippen LogP contribution < -0.4 is 4.74 Å². The minimum atomic E-state index is -1.76. The minimum absolute atomic E-state index is 0.0753. The van der Waals surface area contributed by atoms with Crippen molar-refractivity contribution in [3.8, 4) is 17.2 Å². The smallest absolute Gasteiger partial charge is 0.229 e. The third kappa shape index (κ3) is 6.67. The van der Waals surface area contributed by atoms with Gasteiger partial charge in [-0.05, 0) is 35.4 Å². The van der Waals surface area contributed by atoms with Crippen LogP contribution in [0.15, 0.2) is 42.5 Å². The van der Waals surface area contributed by atoms with Gasteiger partial charge < -0.3 is 64.9 Å². The molecule has 2 aromatic rings. The molecule has 0 aliphatic carbocycles. The molecule has 39 heavy (non-hydrogen) atoms. The van der Waals surface area contributed by atoms with Crippen LogP contribution in [0.5, 0.6) is 17.2 Å². The molecule has 10 atom stereocenters. The van der Waals surface area contributed by atoms with Crippen LogP contribution >= 0.6 is 0 Å². The first-order valence-electron chi connectivity index (χ1n) is 12.2. The number of phenols is 2. The number of aromatic hydroxyl groups is 2. The van der Waals surface area contributed by atoms with Gasteiger partial charge in [-0.25, -0.2) is 0 Å². The van der Waals surface area contributed by atoms with E-state index in [4.69, 9.17) is 18.9 Å². The van der Waals surface area contributed by atoms with Gasteiger partial charge in [0.15, 0.2) is 6.29 Å². The normalized spacial score (nSPS) is 35.3. The van der Waals surface area contributed by atoms with Crippen molar-refractivity contribution in [2.24, 2.45) is 0 Å². The number of hydrogen-bond acceptors (Lipinski definition) is 13. The van der Waals surface area contributed by atoms with Crippen LogP contribution in [0.1, 0.15) is 11.1 Å². The molecule has 0 aromatic heterocycles. The van der Waals surface area contributed by atoms with Crippen LogP contribution in [0, 0.1) is 0 Å². The predicted molar refractivity (Wildman–Crippen MR) is 132 cm³/mol. The van der Waals surface area contributed by atoms with E-state index in [1.165, 1.54) is 18.2 Å². The van der Waals surface area contributed by atoms with Gasteiger partial charge in [0.05, 0.1) is 13.2 Å². The molecular formula is C26H32O13. The van der Waals surface area contributed by atoms with E-state index in [1.54, 1.807) is 36.4 Å². The van der Waals surface area contributed by atoms with Gasteiger partial charge in [-0.1, -0.05) is 24.3 Å². The van der Waals surface area contributed by atoms with E-state index in [-0.39, 0.29) is 17.2 Å². The molecule has 0 spiro atoms. The van der Waals surface area contributed by atoms with Gasteiger partial charge in [0, 0.05) is 6.07 Å². The maximum absolute atomic E-state index is 10.7. The molecular weight excluding hydrogens is 520 g/mol. The maximum Gasteiger partial charge on any atom is 0.229 e. The van der Waals surface area contributed by atoms with E-state index >= 15 is 0 Å². The van der Waals surface area contributed by atoms with Crippen LogP contribution in [0.25, 0.3) is 12.2 Å². The Hall–Kier alpha value is -2.82. The summed E-state index contributed by atoms with van der Waals surface area (Å²) < 4.78 is 22.1. The number of rotatable bonds is 8. The van der Waals surface area contributed by atoms with E-state index < -0.39 is 74.6 Å². The molecule has 0 amide bonds. The Morgan fingerprint density at radius 1 is 0.641 bits per heavy atom. The molecule has 2 aliphatic heterocycles. The summed E-state index contributed by atoms with van der Waals surface area (Å²) in [7, 11) is 0. The highest BCUT2D eigenvalue weighted by Crippen LogP contribution is 2.30. The zero-order valence-corrected chi connectivity index (χ0v) is 20.5. The molecule has 10 unspecified atom stereocenters. The summed E-state index contributed by atoms with van der Waals surface area (Å²) in [5.74, 6) is 0.116. The van der Waals surface area contributed by atoms with Crippen molar-refractivity contribution in [3.05, 3.63) is 53.6 Å². The molecule has 2 fully saturated rings. The first kappa shape index (κ1) is 29.2. The lowest BCUT2D eigenvalue weighted by Gasteiger charge is -2.45. The molecule has 13 heteroatoms. The fourth-order valence-electron chi connectivity index (χ4n) is 4.35. The van der Waals surface area contributed by atoms with Gasteiger partial charge >= 0.3 is 0 Å². The van der Waals surface area contributed by atoms with Crippen molar-refractivity contribution >= 4 is 12.2 Å². The van der Waals surface area contributed by atoms with Gasteiger partial charge in [-0.3, -0.25) is 0 Å². The average molecular weight is 553 g/mol. The lowest BCUT2D eigenvalue weighted by molar-refractivity contribution is -0.352. The Bertz CT molecular complexity index is 1090. The maximum atomic E-state index is 10.7. The van der Waals surface area contributed by atoms with Crippen molar-refractivity contribution in [1.29, 1.82) is 0 Å². The topological polar surface area (TPSA) is 219 Å². The van der Waals surface area contributed by atoms with Gasteiger partial charge in [0.25, 0.3) is 0 Å². The van der Waals surface area contributed by atoms with E-state index in [1.807, 2.05) is 0 Å². The molecule has 214 valence electrons. The summed E-state index contributed by atoms with van der Waals surface area (Å²) in [6.45, 7) is -1.37. The molecule has 2 aromatic carbocycles. The van der Waals surface area contributed by atoms with E-state index in [2.05, 4.69) is 0 Å². The Balaban J connectivity index is 1.40. The Kier molecular flexibility index (Phi) is 9.40. The van der Waals surface area contributed by atoms with Crippen molar-refractivity contribution in [2.75, 3.05) is 13.2 Å². The van der Waals surface area contributed by atoms with Crippen LogP contribution in [0.3, 0.4) is 0 Å². The molecule has 13 nitrogen and oxygen atoms in total. The SMILES string of the molecule is OCC1OC(OC2C(CO)OC(Oc3ccc(/C=C/c4cc(O)cc(O)c4)cc3)C(O)C2O)C(O)C(O)C1O. The zero-order valence-electron chi connectivity index (χ0n) is 20.5. The molecule has 4 rings (SSSR count). The first-order valence-corrected chi connectivity index (χ1v) is 12.2. The quantitative estimate of drug-likeness (QED) is 0.167. The third-order valence-electron chi connectivity index (χ3n) is 6.49. The predicted octanol–water partition coefficient (Wildman–Crippen LogP) is -1.73. The van der Waals surface area contributed by atoms with Gasteiger partial charge in [-0.15, -0.1) is 0 Å². The third-order valence-corrected chi connectivity index (χ3v) is 6.49. The van der Waals surface area contributed by atoms with Crippen LogP contribution in [-0.2, 0) is 14.2 Å². The molecule has 2 aliphatic rings. The Labute approximate surface area is 222 Å². The second kappa shape index (κ2) is 12.6.